The average Bonchev–Trinajstić information content (AvgIpc) is 3.78. The molecule has 0 unspecified atom stereocenters. The molecule has 0 saturated carbocycles. The minimum absolute atomic E-state index is 0.275. The lowest BCUT2D eigenvalue weighted by atomic mass is 10.1. The van der Waals surface area contributed by atoms with Gasteiger partial charge in [0.25, 0.3) is 5.91 Å². The van der Waals surface area contributed by atoms with E-state index >= 15 is 0 Å². The summed E-state index contributed by atoms with van der Waals surface area (Å²) in [5.74, 6) is -1.91. The summed E-state index contributed by atoms with van der Waals surface area (Å²) in [7, 11) is 2.38. The predicted octanol–water partition coefficient (Wildman–Crippen LogP) is 1.51. The van der Waals surface area contributed by atoms with Crippen LogP contribution >= 0.6 is 0 Å². The summed E-state index contributed by atoms with van der Waals surface area (Å²) in [5, 5.41) is 13.0. The number of carbonyl (C=O) groups is 7. The smallest absolute Gasteiger partial charge is 0.407 e. The van der Waals surface area contributed by atoms with E-state index in [1.54, 1.807) is 48.5 Å². The van der Waals surface area contributed by atoms with Crippen LogP contribution in [0.1, 0.15) is 36.0 Å². The van der Waals surface area contributed by atoms with Crippen molar-refractivity contribution in [3.05, 3.63) is 54.1 Å². The monoisotopic (exact) mass is 651 g/mol. The van der Waals surface area contributed by atoms with Gasteiger partial charge in [-0.15, -0.1) is 0 Å². The molecule has 250 valence electrons. The summed E-state index contributed by atoms with van der Waals surface area (Å²) in [6.45, 7) is 0.237. The Balaban J connectivity index is 1.26. The molecule has 2 fully saturated rings. The quantitative estimate of drug-likeness (QED) is 0.252. The standard InChI is InChI=1S/C31H37N7O9/c1-46-30(44)32-17-25(39)37-15-3-5-23(37)28(42)35-20-9-7-19(8-10-20)27(41)34-21-11-13-22(14-12-21)36-29(43)24-6-4-16-38(24)26(40)18-33-31(45)47-2/h7-14,23-24H,3-6,15-18H2,1-2H3,(H,32,44)(H,33,45)(H,34,41)(H,35,42)(H,36,43)/t23-,24-/m0/s1. The minimum Gasteiger partial charge on any atom is -0.453 e. The van der Waals surface area contributed by atoms with E-state index < -0.39 is 36.1 Å². The lowest BCUT2D eigenvalue weighted by Crippen LogP contribution is -2.47. The molecule has 2 heterocycles. The topological polar surface area (TPSA) is 205 Å². The van der Waals surface area contributed by atoms with Crippen LogP contribution in [0, 0.1) is 0 Å². The predicted molar refractivity (Wildman–Crippen MR) is 168 cm³/mol. The number of nitrogens with one attached hydrogen (secondary N) is 5. The third kappa shape index (κ3) is 9.18. The summed E-state index contributed by atoms with van der Waals surface area (Å²) in [6, 6.07) is 11.4. The lowest BCUT2D eigenvalue weighted by Gasteiger charge is -2.24. The van der Waals surface area contributed by atoms with Crippen molar-refractivity contribution in [2.45, 2.75) is 37.8 Å². The number of carbonyl (C=O) groups excluding carboxylic acids is 7. The van der Waals surface area contributed by atoms with Gasteiger partial charge in [-0.05, 0) is 74.2 Å². The van der Waals surface area contributed by atoms with Crippen molar-refractivity contribution >= 4 is 58.8 Å². The van der Waals surface area contributed by atoms with E-state index in [0.717, 1.165) is 0 Å². The minimum atomic E-state index is -0.737. The van der Waals surface area contributed by atoms with Crippen molar-refractivity contribution in [1.82, 2.24) is 20.4 Å². The van der Waals surface area contributed by atoms with E-state index in [2.05, 4.69) is 36.1 Å². The van der Waals surface area contributed by atoms with Crippen LogP contribution < -0.4 is 26.6 Å². The first-order valence-corrected chi connectivity index (χ1v) is 15.0. The van der Waals surface area contributed by atoms with Crippen molar-refractivity contribution < 1.29 is 43.0 Å². The van der Waals surface area contributed by atoms with Crippen molar-refractivity contribution in [3.63, 3.8) is 0 Å². The zero-order valence-corrected chi connectivity index (χ0v) is 26.0. The van der Waals surface area contributed by atoms with Gasteiger partial charge in [0, 0.05) is 35.7 Å². The van der Waals surface area contributed by atoms with Crippen LogP contribution in [0.15, 0.2) is 48.5 Å². The summed E-state index contributed by atoms with van der Waals surface area (Å²) in [5.41, 5.74) is 1.73. The first-order chi connectivity index (χ1) is 22.6. The van der Waals surface area contributed by atoms with Gasteiger partial charge in [0.2, 0.25) is 23.6 Å². The second-order valence-electron chi connectivity index (χ2n) is 10.8. The molecule has 5 N–H and O–H groups in total. The maximum atomic E-state index is 12.9. The number of likely N-dealkylation sites (tertiary alicyclic amines) is 2. The Kier molecular flexibility index (Phi) is 11.7. The number of nitrogens with zero attached hydrogens (tertiary/aromatic N) is 2. The van der Waals surface area contributed by atoms with Gasteiger partial charge in [-0.25, -0.2) is 9.59 Å². The molecule has 0 spiro atoms. The molecule has 2 atom stereocenters. The Labute approximate surface area is 270 Å². The van der Waals surface area contributed by atoms with E-state index in [4.69, 9.17) is 0 Å². The van der Waals surface area contributed by atoms with Gasteiger partial charge in [-0.2, -0.15) is 0 Å². The van der Waals surface area contributed by atoms with Gasteiger partial charge in [0.05, 0.1) is 14.2 Å². The second-order valence-corrected chi connectivity index (χ2v) is 10.8. The zero-order chi connectivity index (χ0) is 33.9. The molecule has 2 aliphatic rings. The summed E-state index contributed by atoms with van der Waals surface area (Å²) >= 11 is 0. The maximum Gasteiger partial charge on any atom is 0.407 e. The van der Waals surface area contributed by atoms with E-state index in [1.807, 2.05) is 0 Å². The molecule has 0 bridgehead atoms. The number of alkyl carbamates (subject to hydrolysis) is 2. The van der Waals surface area contributed by atoms with Gasteiger partial charge in [-0.1, -0.05) is 0 Å². The van der Waals surface area contributed by atoms with Crippen LogP contribution in [-0.2, 0) is 28.7 Å². The first-order valence-electron chi connectivity index (χ1n) is 15.0. The number of hydrogen-bond donors (Lipinski definition) is 5. The highest BCUT2D eigenvalue weighted by molar-refractivity contribution is 6.05. The van der Waals surface area contributed by atoms with Crippen molar-refractivity contribution in [1.29, 1.82) is 0 Å². The molecule has 0 aromatic heterocycles. The van der Waals surface area contributed by atoms with Crippen LogP contribution in [-0.4, -0.2) is 104 Å². The van der Waals surface area contributed by atoms with E-state index in [9.17, 15) is 33.6 Å². The number of amides is 7. The Morgan fingerprint density at radius 1 is 0.617 bits per heavy atom. The maximum absolute atomic E-state index is 12.9. The summed E-state index contributed by atoms with van der Waals surface area (Å²) in [6.07, 6.45) is 0.793. The highest BCUT2D eigenvalue weighted by Crippen LogP contribution is 2.22. The van der Waals surface area contributed by atoms with Crippen LogP contribution in [0.3, 0.4) is 0 Å². The van der Waals surface area contributed by atoms with Crippen LogP contribution in [0.5, 0.6) is 0 Å². The van der Waals surface area contributed by atoms with Gasteiger partial charge in [0.15, 0.2) is 0 Å². The molecule has 16 nitrogen and oxygen atoms in total. The number of rotatable bonds is 10. The number of benzene rings is 2. The highest BCUT2D eigenvalue weighted by Gasteiger charge is 2.35. The largest absolute Gasteiger partial charge is 0.453 e. The lowest BCUT2D eigenvalue weighted by molar-refractivity contribution is -0.135. The molecule has 4 rings (SSSR count). The van der Waals surface area contributed by atoms with E-state index in [-0.39, 0.29) is 30.8 Å². The molecule has 2 saturated heterocycles. The molecular formula is C31H37N7O9. The molecule has 2 aliphatic heterocycles. The van der Waals surface area contributed by atoms with Gasteiger partial charge < -0.3 is 45.9 Å². The highest BCUT2D eigenvalue weighted by atomic mass is 16.5. The Morgan fingerprint density at radius 3 is 1.40 bits per heavy atom. The fraction of sp³-hybridized carbons (Fsp3) is 0.387. The molecular weight excluding hydrogens is 614 g/mol. The number of methoxy groups -OCH3 is 2. The number of anilines is 3. The van der Waals surface area contributed by atoms with Crippen LogP contribution in [0.4, 0.5) is 26.7 Å². The molecule has 7 amide bonds. The second kappa shape index (κ2) is 16.1. The third-order valence-electron chi connectivity index (χ3n) is 7.72. The summed E-state index contributed by atoms with van der Waals surface area (Å²) < 4.78 is 8.94. The Morgan fingerprint density at radius 2 is 1.00 bits per heavy atom. The van der Waals surface area contributed by atoms with E-state index in [0.29, 0.717) is 61.4 Å². The van der Waals surface area contributed by atoms with Crippen LogP contribution in [0.25, 0.3) is 0 Å². The Bertz CT molecular complexity index is 1500. The SMILES string of the molecule is COC(=O)NCC(=O)N1CCC[C@H]1C(=O)Nc1ccc(NC(=O)c2ccc(NC(=O)[C@@H]3CCCN3C(=O)CNC(=O)OC)cc2)cc1. The van der Waals surface area contributed by atoms with Crippen molar-refractivity contribution in [2.75, 3.05) is 56.3 Å². The number of ether oxygens (including phenoxy) is 2. The first kappa shape index (κ1) is 34.2. The molecule has 0 aliphatic carbocycles. The van der Waals surface area contributed by atoms with Crippen molar-refractivity contribution in [3.8, 4) is 0 Å². The third-order valence-corrected chi connectivity index (χ3v) is 7.72. The fourth-order valence-electron chi connectivity index (χ4n) is 5.31. The molecule has 47 heavy (non-hydrogen) atoms. The molecule has 0 radical (unpaired) electrons. The van der Waals surface area contributed by atoms with Crippen LogP contribution in [0.2, 0.25) is 0 Å². The zero-order valence-electron chi connectivity index (χ0n) is 26.0. The van der Waals surface area contributed by atoms with Gasteiger partial charge in [0.1, 0.15) is 25.2 Å². The summed E-state index contributed by atoms with van der Waals surface area (Å²) in [4.78, 5) is 89.0. The normalized spacial score (nSPS) is 16.9. The molecule has 2 aromatic rings. The van der Waals surface area contributed by atoms with E-state index in [1.165, 1.54) is 24.0 Å². The van der Waals surface area contributed by atoms with Gasteiger partial charge >= 0.3 is 12.2 Å². The molecule has 2 aromatic carbocycles. The van der Waals surface area contributed by atoms with Crippen molar-refractivity contribution in [2.24, 2.45) is 0 Å². The average molecular weight is 652 g/mol. The fourth-order valence-corrected chi connectivity index (χ4v) is 5.31. The van der Waals surface area contributed by atoms with Gasteiger partial charge in [-0.3, -0.25) is 24.0 Å². The molecule has 16 heteroatoms. The Hall–Kier alpha value is -5.67. The number of hydrogen-bond acceptors (Lipinski definition) is 9.